The molecule has 1 amide bonds. The van der Waals surface area contributed by atoms with Crippen molar-refractivity contribution in [1.29, 1.82) is 0 Å². The highest BCUT2D eigenvalue weighted by Gasteiger charge is 2.15. The van der Waals surface area contributed by atoms with Crippen LogP contribution in [0.25, 0.3) is 0 Å². The maximum atomic E-state index is 11.1. The fourth-order valence-electron chi connectivity index (χ4n) is 1.05. The lowest BCUT2D eigenvalue weighted by Crippen LogP contribution is -2.34. The van der Waals surface area contributed by atoms with Crippen molar-refractivity contribution < 1.29 is 4.79 Å². The Balaban J connectivity index is 2.67. The van der Waals surface area contributed by atoms with Gasteiger partial charge < -0.3 is 10.6 Å². The molecule has 0 atom stereocenters. The van der Waals surface area contributed by atoms with Crippen LogP contribution in [0.5, 0.6) is 0 Å². The zero-order valence-corrected chi connectivity index (χ0v) is 6.42. The lowest BCUT2D eigenvalue weighted by molar-refractivity contribution is -0.124. The van der Waals surface area contributed by atoms with Crippen molar-refractivity contribution in [2.75, 3.05) is 13.1 Å². The molecule has 0 unspecified atom stereocenters. The minimum atomic E-state index is -0.00769. The van der Waals surface area contributed by atoms with Gasteiger partial charge in [0.05, 0.1) is 0 Å². The molecule has 0 aromatic heterocycles. The normalized spacial score (nSPS) is 17.7. The predicted molar refractivity (Wildman–Crippen MR) is 43.7 cm³/mol. The number of carbonyl (C=O) groups is 1. The number of allylic oxidation sites excluding steroid dienone is 1. The Morgan fingerprint density at radius 2 is 2.45 bits per heavy atom. The van der Waals surface area contributed by atoms with E-state index in [0.717, 1.165) is 12.1 Å². The van der Waals surface area contributed by atoms with Gasteiger partial charge in [-0.2, -0.15) is 0 Å². The van der Waals surface area contributed by atoms with E-state index in [-0.39, 0.29) is 5.91 Å². The van der Waals surface area contributed by atoms with Gasteiger partial charge in [0.15, 0.2) is 0 Å². The van der Waals surface area contributed by atoms with Crippen LogP contribution >= 0.6 is 0 Å². The third kappa shape index (κ3) is 1.68. The first kappa shape index (κ1) is 8.01. The third-order valence-electron chi connectivity index (χ3n) is 1.61. The second-order valence-electron chi connectivity index (χ2n) is 2.45. The van der Waals surface area contributed by atoms with Crippen molar-refractivity contribution in [2.24, 2.45) is 5.73 Å². The summed E-state index contributed by atoms with van der Waals surface area (Å²) < 4.78 is 0. The highest BCUT2D eigenvalue weighted by Crippen LogP contribution is 2.12. The second-order valence-corrected chi connectivity index (χ2v) is 2.45. The monoisotopic (exact) mass is 152 g/mol. The molecule has 0 fully saturated rings. The van der Waals surface area contributed by atoms with E-state index in [1.165, 1.54) is 0 Å². The van der Waals surface area contributed by atoms with E-state index in [1.807, 2.05) is 6.08 Å². The van der Waals surface area contributed by atoms with Gasteiger partial charge in [-0.1, -0.05) is 12.7 Å². The van der Waals surface area contributed by atoms with Crippen LogP contribution in [-0.2, 0) is 4.79 Å². The van der Waals surface area contributed by atoms with Gasteiger partial charge in [0, 0.05) is 25.2 Å². The molecule has 3 heteroatoms. The minimum absolute atomic E-state index is 0.00769. The van der Waals surface area contributed by atoms with E-state index in [4.69, 9.17) is 5.73 Å². The molecular weight excluding hydrogens is 140 g/mol. The lowest BCUT2D eigenvalue weighted by Gasteiger charge is -2.24. The number of carbonyl (C=O) groups excluding carboxylic acids is 1. The van der Waals surface area contributed by atoms with Gasteiger partial charge in [-0.15, -0.1) is 0 Å². The van der Waals surface area contributed by atoms with Gasteiger partial charge in [-0.3, -0.25) is 4.79 Å². The highest BCUT2D eigenvalue weighted by atomic mass is 16.2. The Hall–Kier alpha value is -1.09. The van der Waals surface area contributed by atoms with Crippen LogP contribution in [0.3, 0.4) is 0 Å². The number of hydrogen-bond acceptors (Lipinski definition) is 2. The molecule has 2 N–H and O–H groups in total. The largest absolute Gasteiger partial charge is 0.329 e. The van der Waals surface area contributed by atoms with Gasteiger partial charge in [-0.05, 0) is 6.08 Å². The van der Waals surface area contributed by atoms with Crippen LogP contribution in [0.4, 0.5) is 0 Å². The zero-order valence-electron chi connectivity index (χ0n) is 6.42. The topological polar surface area (TPSA) is 46.3 Å². The van der Waals surface area contributed by atoms with E-state index < -0.39 is 0 Å². The Labute approximate surface area is 66.2 Å². The third-order valence-corrected chi connectivity index (χ3v) is 1.61. The molecule has 0 aliphatic carbocycles. The summed E-state index contributed by atoms with van der Waals surface area (Å²) in [6.45, 7) is 4.82. The molecule has 1 aliphatic heterocycles. The minimum Gasteiger partial charge on any atom is -0.329 e. The molecule has 3 nitrogen and oxygen atoms in total. The Morgan fingerprint density at radius 3 is 3.00 bits per heavy atom. The number of nitrogens with two attached hydrogens (primary N) is 1. The number of hydrogen-bond donors (Lipinski definition) is 1. The lowest BCUT2D eigenvalue weighted by atomic mass is 10.2. The molecule has 1 aliphatic rings. The van der Waals surface area contributed by atoms with Gasteiger partial charge in [0.25, 0.3) is 0 Å². The molecule has 0 saturated carbocycles. The molecule has 60 valence electrons. The quantitative estimate of drug-likeness (QED) is 0.616. The average Bonchev–Trinajstić information content (AvgIpc) is 1.97. The van der Waals surface area contributed by atoms with E-state index >= 15 is 0 Å². The standard InChI is InChI=1S/C8H12N2O/c1-7-3-2-4-8(11)10(7)6-5-9/h2,4H,1,3,5-6,9H2. The Bertz CT molecular complexity index is 208. The zero-order chi connectivity index (χ0) is 8.27. The van der Waals surface area contributed by atoms with Crippen molar-refractivity contribution in [3.8, 4) is 0 Å². The molecular formula is C8H12N2O. The molecule has 0 aromatic rings. The van der Waals surface area contributed by atoms with Gasteiger partial charge in [-0.25, -0.2) is 0 Å². The number of nitrogens with zero attached hydrogens (tertiary/aromatic N) is 1. The molecule has 0 bridgehead atoms. The van der Waals surface area contributed by atoms with Crippen LogP contribution in [-0.4, -0.2) is 23.9 Å². The molecule has 1 rings (SSSR count). The van der Waals surface area contributed by atoms with Crippen molar-refractivity contribution >= 4 is 5.91 Å². The average molecular weight is 152 g/mol. The summed E-state index contributed by atoms with van der Waals surface area (Å²) >= 11 is 0. The van der Waals surface area contributed by atoms with Crippen molar-refractivity contribution in [3.63, 3.8) is 0 Å². The van der Waals surface area contributed by atoms with Crippen LogP contribution in [0.2, 0.25) is 0 Å². The molecule has 0 aromatic carbocycles. The molecule has 0 saturated heterocycles. The first-order valence-electron chi connectivity index (χ1n) is 3.61. The molecule has 1 heterocycles. The maximum absolute atomic E-state index is 11.1. The summed E-state index contributed by atoms with van der Waals surface area (Å²) in [6.07, 6.45) is 4.13. The SMILES string of the molecule is C=C1CC=CC(=O)N1CCN. The molecule has 11 heavy (non-hydrogen) atoms. The Kier molecular flexibility index (Phi) is 2.44. The number of rotatable bonds is 2. The van der Waals surface area contributed by atoms with Crippen LogP contribution in [0, 0.1) is 0 Å². The van der Waals surface area contributed by atoms with E-state index in [1.54, 1.807) is 11.0 Å². The first-order valence-corrected chi connectivity index (χ1v) is 3.61. The van der Waals surface area contributed by atoms with E-state index in [2.05, 4.69) is 6.58 Å². The number of amides is 1. The molecule has 0 spiro atoms. The van der Waals surface area contributed by atoms with Gasteiger partial charge >= 0.3 is 0 Å². The summed E-state index contributed by atoms with van der Waals surface area (Å²) in [5.74, 6) is -0.00769. The maximum Gasteiger partial charge on any atom is 0.250 e. The summed E-state index contributed by atoms with van der Waals surface area (Å²) in [4.78, 5) is 12.7. The van der Waals surface area contributed by atoms with E-state index in [9.17, 15) is 4.79 Å². The highest BCUT2D eigenvalue weighted by molar-refractivity contribution is 5.90. The second kappa shape index (κ2) is 3.34. The van der Waals surface area contributed by atoms with Crippen LogP contribution in [0.15, 0.2) is 24.4 Å². The van der Waals surface area contributed by atoms with Crippen LogP contribution in [0.1, 0.15) is 6.42 Å². The summed E-state index contributed by atoms with van der Waals surface area (Å²) in [5.41, 5.74) is 6.16. The van der Waals surface area contributed by atoms with Gasteiger partial charge in [0.2, 0.25) is 5.91 Å². The first-order chi connectivity index (χ1) is 5.25. The summed E-state index contributed by atoms with van der Waals surface area (Å²) in [7, 11) is 0. The van der Waals surface area contributed by atoms with Crippen molar-refractivity contribution in [2.45, 2.75) is 6.42 Å². The fourth-order valence-corrected chi connectivity index (χ4v) is 1.05. The smallest absolute Gasteiger partial charge is 0.250 e. The molecule has 0 radical (unpaired) electrons. The van der Waals surface area contributed by atoms with Gasteiger partial charge in [0.1, 0.15) is 0 Å². The van der Waals surface area contributed by atoms with Crippen molar-refractivity contribution in [3.05, 3.63) is 24.4 Å². The predicted octanol–water partition coefficient (Wildman–Crippen LogP) is 0.247. The van der Waals surface area contributed by atoms with E-state index in [0.29, 0.717) is 13.1 Å². The summed E-state index contributed by atoms with van der Waals surface area (Å²) in [6, 6.07) is 0. The van der Waals surface area contributed by atoms with Crippen LogP contribution < -0.4 is 5.73 Å². The Morgan fingerprint density at radius 1 is 1.73 bits per heavy atom. The fraction of sp³-hybridized carbons (Fsp3) is 0.375. The summed E-state index contributed by atoms with van der Waals surface area (Å²) in [5, 5.41) is 0. The van der Waals surface area contributed by atoms with Crippen molar-refractivity contribution in [1.82, 2.24) is 4.90 Å².